The third kappa shape index (κ3) is 4.38. The van der Waals surface area contributed by atoms with E-state index in [1.165, 1.54) is 17.7 Å². The van der Waals surface area contributed by atoms with Crippen LogP contribution < -0.4 is 16.0 Å². The van der Waals surface area contributed by atoms with Gasteiger partial charge in [-0.2, -0.15) is 0 Å². The molecular formula is C19H17N7OS. The topological polar surface area (TPSA) is 105 Å². The van der Waals surface area contributed by atoms with Crippen molar-refractivity contribution in [2.45, 2.75) is 0 Å². The van der Waals surface area contributed by atoms with Crippen molar-refractivity contribution >= 4 is 44.9 Å². The standard InChI is InChI=1S/C19H17N7OS/c27-19(13-4-5-14-15(9-13)28-12-25-14)22-8-7-21-17-10-18(24-11-23-17)26-16-3-1-2-6-20-16/h1-6,9-12H,7-8H2,(H,22,27)(H2,20,21,23,24,26). The van der Waals surface area contributed by atoms with Gasteiger partial charge in [-0.3, -0.25) is 4.79 Å². The summed E-state index contributed by atoms with van der Waals surface area (Å²) in [5, 5.41) is 9.17. The van der Waals surface area contributed by atoms with E-state index in [1.54, 1.807) is 23.8 Å². The number of nitrogens with one attached hydrogen (secondary N) is 3. The molecule has 0 aliphatic carbocycles. The summed E-state index contributed by atoms with van der Waals surface area (Å²) in [4.78, 5) is 29.1. The fraction of sp³-hybridized carbons (Fsp3) is 0.105. The Balaban J connectivity index is 1.28. The van der Waals surface area contributed by atoms with Crippen molar-refractivity contribution in [2.75, 3.05) is 23.7 Å². The van der Waals surface area contributed by atoms with Gasteiger partial charge in [0.1, 0.15) is 23.8 Å². The average Bonchev–Trinajstić information content (AvgIpc) is 3.20. The highest BCUT2D eigenvalue weighted by molar-refractivity contribution is 7.16. The fourth-order valence-corrected chi connectivity index (χ4v) is 3.27. The van der Waals surface area contributed by atoms with E-state index in [1.807, 2.05) is 30.3 Å². The molecule has 0 fully saturated rings. The smallest absolute Gasteiger partial charge is 0.251 e. The number of thiazole rings is 1. The molecule has 0 atom stereocenters. The first-order valence-electron chi connectivity index (χ1n) is 8.63. The molecule has 0 aliphatic rings. The molecule has 0 saturated heterocycles. The number of anilines is 3. The lowest BCUT2D eigenvalue weighted by Gasteiger charge is -2.09. The van der Waals surface area contributed by atoms with Gasteiger partial charge in [0.15, 0.2) is 0 Å². The summed E-state index contributed by atoms with van der Waals surface area (Å²) in [6.07, 6.45) is 3.18. The summed E-state index contributed by atoms with van der Waals surface area (Å²) in [5.74, 6) is 1.89. The van der Waals surface area contributed by atoms with Crippen LogP contribution in [0.1, 0.15) is 10.4 Å². The minimum atomic E-state index is -0.114. The van der Waals surface area contributed by atoms with Gasteiger partial charge in [-0.1, -0.05) is 6.07 Å². The van der Waals surface area contributed by atoms with Crippen molar-refractivity contribution in [2.24, 2.45) is 0 Å². The van der Waals surface area contributed by atoms with E-state index in [-0.39, 0.29) is 5.91 Å². The zero-order valence-corrected chi connectivity index (χ0v) is 15.6. The van der Waals surface area contributed by atoms with E-state index in [0.29, 0.717) is 36.1 Å². The lowest BCUT2D eigenvalue weighted by atomic mass is 10.2. The van der Waals surface area contributed by atoms with Gasteiger partial charge in [0.2, 0.25) is 0 Å². The van der Waals surface area contributed by atoms with E-state index >= 15 is 0 Å². The second-order valence-corrected chi connectivity index (χ2v) is 6.73. The Bertz CT molecular complexity index is 1080. The van der Waals surface area contributed by atoms with Crippen LogP contribution in [0.4, 0.5) is 17.5 Å². The van der Waals surface area contributed by atoms with E-state index < -0.39 is 0 Å². The molecule has 9 heteroatoms. The highest BCUT2D eigenvalue weighted by atomic mass is 32.1. The highest BCUT2D eigenvalue weighted by Gasteiger charge is 2.07. The number of hydrogen-bond donors (Lipinski definition) is 3. The van der Waals surface area contributed by atoms with E-state index in [4.69, 9.17) is 0 Å². The number of rotatable bonds is 7. The zero-order chi connectivity index (χ0) is 19.2. The number of amides is 1. The van der Waals surface area contributed by atoms with Crippen LogP contribution in [0.2, 0.25) is 0 Å². The lowest BCUT2D eigenvalue weighted by Crippen LogP contribution is -2.28. The van der Waals surface area contributed by atoms with E-state index in [2.05, 4.69) is 35.9 Å². The predicted molar refractivity (Wildman–Crippen MR) is 110 cm³/mol. The van der Waals surface area contributed by atoms with Crippen LogP contribution in [0.25, 0.3) is 10.2 Å². The van der Waals surface area contributed by atoms with E-state index in [9.17, 15) is 4.79 Å². The van der Waals surface area contributed by atoms with E-state index in [0.717, 1.165) is 10.2 Å². The van der Waals surface area contributed by atoms with Gasteiger partial charge in [-0.05, 0) is 30.3 Å². The number of fused-ring (bicyclic) bond motifs is 1. The van der Waals surface area contributed by atoms with Crippen LogP contribution in [0.3, 0.4) is 0 Å². The Morgan fingerprint density at radius 2 is 1.86 bits per heavy atom. The van der Waals surface area contributed by atoms with Gasteiger partial charge in [0.25, 0.3) is 5.91 Å². The number of hydrogen-bond acceptors (Lipinski definition) is 8. The molecule has 140 valence electrons. The van der Waals surface area contributed by atoms with Crippen LogP contribution in [-0.4, -0.2) is 38.9 Å². The Kier molecular flexibility index (Phi) is 5.34. The molecule has 0 bridgehead atoms. The quantitative estimate of drug-likeness (QED) is 0.416. The first kappa shape index (κ1) is 17.8. The molecule has 0 unspecified atom stereocenters. The SMILES string of the molecule is O=C(NCCNc1cc(Nc2ccccn2)ncn1)c1ccc2ncsc2c1. The first-order chi connectivity index (χ1) is 13.8. The molecule has 3 aromatic heterocycles. The second-order valence-electron chi connectivity index (χ2n) is 5.85. The minimum Gasteiger partial charge on any atom is -0.368 e. The van der Waals surface area contributed by atoms with Gasteiger partial charge in [0.05, 0.1) is 15.7 Å². The summed E-state index contributed by atoms with van der Waals surface area (Å²) in [7, 11) is 0. The van der Waals surface area contributed by atoms with Crippen molar-refractivity contribution in [3.63, 3.8) is 0 Å². The number of carbonyl (C=O) groups is 1. The molecule has 4 aromatic rings. The van der Waals surface area contributed by atoms with Crippen LogP contribution in [0.5, 0.6) is 0 Å². The fourth-order valence-electron chi connectivity index (χ4n) is 2.56. The largest absolute Gasteiger partial charge is 0.368 e. The summed E-state index contributed by atoms with van der Waals surface area (Å²) in [6.45, 7) is 1.00. The molecule has 4 rings (SSSR count). The van der Waals surface area contributed by atoms with Gasteiger partial charge < -0.3 is 16.0 Å². The van der Waals surface area contributed by atoms with Crippen LogP contribution in [-0.2, 0) is 0 Å². The van der Waals surface area contributed by atoms with Crippen molar-refractivity contribution in [1.82, 2.24) is 25.3 Å². The van der Waals surface area contributed by atoms with Crippen LogP contribution in [0, 0.1) is 0 Å². The number of nitrogens with zero attached hydrogens (tertiary/aromatic N) is 4. The van der Waals surface area contributed by atoms with Gasteiger partial charge in [-0.25, -0.2) is 19.9 Å². The third-order valence-electron chi connectivity index (χ3n) is 3.90. The lowest BCUT2D eigenvalue weighted by molar-refractivity contribution is 0.0955. The molecule has 0 spiro atoms. The summed E-state index contributed by atoms with van der Waals surface area (Å²) in [6, 6.07) is 12.9. The Morgan fingerprint density at radius 3 is 2.75 bits per heavy atom. The molecule has 0 saturated carbocycles. The van der Waals surface area contributed by atoms with Crippen molar-refractivity contribution in [1.29, 1.82) is 0 Å². The molecule has 1 aromatic carbocycles. The van der Waals surface area contributed by atoms with Gasteiger partial charge >= 0.3 is 0 Å². The molecule has 28 heavy (non-hydrogen) atoms. The van der Waals surface area contributed by atoms with Crippen LogP contribution >= 0.6 is 11.3 Å². The monoisotopic (exact) mass is 391 g/mol. The molecule has 8 nitrogen and oxygen atoms in total. The van der Waals surface area contributed by atoms with Crippen LogP contribution in [0.15, 0.2) is 60.5 Å². The van der Waals surface area contributed by atoms with Gasteiger partial charge in [0, 0.05) is 30.9 Å². The Hall–Kier alpha value is -3.59. The maximum absolute atomic E-state index is 12.3. The third-order valence-corrected chi connectivity index (χ3v) is 4.69. The second kappa shape index (κ2) is 8.40. The normalized spacial score (nSPS) is 10.6. The van der Waals surface area contributed by atoms with Gasteiger partial charge in [-0.15, -0.1) is 11.3 Å². The highest BCUT2D eigenvalue weighted by Crippen LogP contribution is 2.19. The minimum absolute atomic E-state index is 0.114. The molecular weight excluding hydrogens is 374 g/mol. The van der Waals surface area contributed by atoms with Crippen molar-refractivity contribution in [3.8, 4) is 0 Å². The number of pyridine rings is 1. The summed E-state index contributed by atoms with van der Waals surface area (Å²) in [5.41, 5.74) is 3.30. The van der Waals surface area contributed by atoms with Crippen molar-refractivity contribution < 1.29 is 4.79 Å². The molecule has 1 amide bonds. The maximum atomic E-state index is 12.3. The van der Waals surface area contributed by atoms with Crippen molar-refractivity contribution in [3.05, 3.63) is 66.1 Å². The Labute approximate surface area is 165 Å². The predicted octanol–water partition coefficient (Wildman–Crippen LogP) is 3.07. The zero-order valence-electron chi connectivity index (χ0n) is 14.8. The average molecular weight is 391 g/mol. The number of carbonyl (C=O) groups excluding carboxylic acids is 1. The number of benzene rings is 1. The molecule has 3 N–H and O–H groups in total. The molecule has 0 radical (unpaired) electrons. The molecule has 0 aliphatic heterocycles. The first-order valence-corrected chi connectivity index (χ1v) is 9.51. The Morgan fingerprint density at radius 1 is 0.929 bits per heavy atom. The maximum Gasteiger partial charge on any atom is 0.251 e. The summed E-state index contributed by atoms with van der Waals surface area (Å²) < 4.78 is 1.000. The molecule has 3 heterocycles. The number of aromatic nitrogens is 4. The summed E-state index contributed by atoms with van der Waals surface area (Å²) >= 11 is 1.52.